The van der Waals surface area contributed by atoms with E-state index >= 15 is 0 Å². The third-order valence-electron chi connectivity index (χ3n) is 2.40. The fraction of sp³-hybridized carbons (Fsp3) is 0. The summed E-state index contributed by atoms with van der Waals surface area (Å²) >= 11 is 19.1. The molecule has 0 amide bonds. The molecule has 4 nitrogen and oxygen atoms in total. The first kappa shape index (κ1) is 15.1. The van der Waals surface area contributed by atoms with Crippen molar-refractivity contribution in [1.82, 2.24) is 4.98 Å². The Balaban J connectivity index is 2.61. The van der Waals surface area contributed by atoms with E-state index in [1.165, 1.54) is 18.2 Å². The second-order valence-electron chi connectivity index (χ2n) is 3.69. The largest absolute Gasteiger partial charge is 0.478 e. The van der Waals surface area contributed by atoms with Crippen LogP contribution in [-0.4, -0.2) is 16.1 Å². The molecule has 20 heavy (non-hydrogen) atoms. The third kappa shape index (κ3) is 3.07. The van der Waals surface area contributed by atoms with Crippen LogP contribution in [0.5, 0.6) is 0 Å². The van der Waals surface area contributed by atoms with Crippen LogP contribution in [0, 0.1) is 0 Å². The van der Waals surface area contributed by atoms with Gasteiger partial charge >= 0.3 is 5.97 Å². The Labute approximate surface area is 133 Å². The fourth-order valence-electron chi connectivity index (χ4n) is 1.48. The molecule has 0 aliphatic carbocycles. The van der Waals surface area contributed by atoms with Gasteiger partial charge in [0.05, 0.1) is 21.3 Å². The normalized spacial score (nSPS) is 11.7. The quantitative estimate of drug-likeness (QED) is 0.639. The summed E-state index contributed by atoms with van der Waals surface area (Å²) in [4.78, 5) is 15.3. The smallest absolute Gasteiger partial charge is 0.337 e. The monoisotopic (exact) mass is 348 g/mol. The predicted octanol–water partition coefficient (Wildman–Crippen LogP) is 4.31. The molecule has 2 rings (SSSR count). The van der Waals surface area contributed by atoms with Gasteiger partial charge in [-0.25, -0.2) is 9.78 Å². The van der Waals surface area contributed by atoms with Crippen molar-refractivity contribution in [3.63, 3.8) is 0 Å². The van der Waals surface area contributed by atoms with Gasteiger partial charge in [-0.2, -0.15) is 0 Å². The molecule has 0 saturated carbocycles. The number of carboxylic acids is 1. The van der Waals surface area contributed by atoms with Crippen molar-refractivity contribution in [2.45, 2.75) is 0 Å². The molecule has 0 fully saturated rings. The molecule has 3 N–H and O–H groups in total. The number of anilines is 1. The number of nitrogen functional groups attached to an aromatic ring is 1. The van der Waals surface area contributed by atoms with Gasteiger partial charge in [0.15, 0.2) is 5.13 Å². The molecule has 0 aliphatic heterocycles. The molecule has 0 radical (unpaired) electrons. The fourth-order valence-corrected chi connectivity index (χ4v) is 2.68. The van der Waals surface area contributed by atoms with Crippen LogP contribution in [0.15, 0.2) is 17.5 Å². The highest BCUT2D eigenvalue weighted by molar-refractivity contribution is 7.13. The highest BCUT2D eigenvalue weighted by atomic mass is 35.5. The van der Waals surface area contributed by atoms with Gasteiger partial charge in [0, 0.05) is 16.0 Å². The van der Waals surface area contributed by atoms with Crippen LogP contribution in [0.3, 0.4) is 0 Å². The summed E-state index contributed by atoms with van der Waals surface area (Å²) in [5, 5.41) is 11.9. The Morgan fingerprint density at radius 2 is 1.95 bits per heavy atom. The first-order valence-corrected chi connectivity index (χ1v) is 7.21. The summed E-state index contributed by atoms with van der Waals surface area (Å²) in [6.07, 6.45) is 1.33. The van der Waals surface area contributed by atoms with Gasteiger partial charge in [0.2, 0.25) is 0 Å². The van der Waals surface area contributed by atoms with Crippen LogP contribution in [0.1, 0.15) is 11.3 Å². The maximum atomic E-state index is 11.4. The van der Waals surface area contributed by atoms with Gasteiger partial charge in [-0.3, -0.25) is 0 Å². The number of rotatable bonds is 3. The number of aliphatic carboxylic acids is 1. The predicted molar refractivity (Wildman–Crippen MR) is 83.5 cm³/mol. The van der Waals surface area contributed by atoms with Crippen molar-refractivity contribution in [3.05, 3.63) is 43.8 Å². The van der Waals surface area contributed by atoms with Crippen molar-refractivity contribution in [2.75, 3.05) is 5.73 Å². The Kier molecular flexibility index (Phi) is 4.55. The highest BCUT2D eigenvalue weighted by Crippen LogP contribution is 2.34. The van der Waals surface area contributed by atoms with Crippen LogP contribution in [0.4, 0.5) is 5.13 Å². The minimum atomic E-state index is -1.16. The number of halogens is 3. The maximum absolute atomic E-state index is 11.4. The van der Waals surface area contributed by atoms with Crippen LogP contribution in [0.2, 0.25) is 15.1 Å². The molecule has 104 valence electrons. The molecule has 0 unspecified atom stereocenters. The van der Waals surface area contributed by atoms with E-state index in [1.54, 1.807) is 5.38 Å². The van der Waals surface area contributed by atoms with Crippen molar-refractivity contribution >= 4 is 68.9 Å². The molecule has 2 aromatic rings. The third-order valence-corrected chi connectivity index (χ3v) is 4.22. The number of nitrogens with two attached hydrogens (primary N) is 1. The molecule has 1 heterocycles. The lowest BCUT2D eigenvalue weighted by Gasteiger charge is -2.05. The van der Waals surface area contributed by atoms with Crippen molar-refractivity contribution in [2.24, 2.45) is 0 Å². The SMILES string of the molecule is Nc1nc(C(=Cc2c(Cl)ccc(Cl)c2Cl)C(=O)O)cs1. The summed E-state index contributed by atoms with van der Waals surface area (Å²) in [5.74, 6) is -1.16. The number of hydrogen-bond acceptors (Lipinski definition) is 4. The second-order valence-corrected chi connectivity index (χ2v) is 5.77. The standard InChI is InChI=1S/C12H7Cl3N2O2S/c13-7-1-2-8(14)10(15)5(7)3-6(11(18)19)9-4-20-12(16)17-9/h1-4H,(H2,16,17)(H,18,19). The average molecular weight is 350 g/mol. The molecule has 1 aromatic heterocycles. The number of aromatic nitrogens is 1. The summed E-state index contributed by atoms with van der Waals surface area (Å²) in [6.45, 7) is 0. The molecular formula is C12H7Cl3N2O2S. The molecular weight excluding hydrogens is 343 g/mol. The van der Waals surface area contributed by atoms with E-state index in [0.29, 0.717) is 10.6 Å². The molecule has 0 saturated heterocycles. The van der Waals surface area contributed by atoms with Gasteiger partial charge in [-0.15, -0.1) is 11.3 Å². The number of nitrogens with zero attached hydrogens (tertiary/aromatic N) is 1. The molecule has 0 bridgehead atoms. The zero-order valence-corrected chi connectivity index (χ0v) is 12.8. The van der Waals surface area contributed by atoms with E-state index in [2.05, 4.69) is 4.98 Å². The van der Waals surface area contributed by atoms with Crippen LogP contribution in [0.25, 0.3) is 11.6 Å². The van der Waals surface area contributed by atoms with Gasteiger partial charge < -0.3 is 10.8 Å². The van der Waals surface area contributed by atoms with E-state index in [-0.39, 0.29) is 26.4 Å². The van der Waals surface area contributed by atoms with E-state index in [0.717, 1.165) is 11.3 Å². The van der Waals surface area contributed by atoms with Crippen molar-refractivity contribution in [3.8, 4) is 0 Å². The molecule has 0 aliphatic rings. The molecule has 8 heteroatoms. The van der Waals surface area contributed by atoms with E-state index in [4.69, 9.17) is 40.5 Å². The van der Waals surface area contributed by atoms with Gasteiger partial charge in [-0.05, 0) is 18.2 Å². The number of carboxylic acid groups (broad SMARTS) is 1. The van der Waals surface area contributed by atoms with Gasteiger partial charge in [0.1, 0.15) is 0 Å². The lowest BCUT2D eigenvalue weighted by molar-refractivity contribution is -0.130. The summed E-state index contributed by atoms with van der Waals surface area (Å²) in [6, 6.07) is 3.07. The van der Waals surface area contributed by atoms with Crippen LogP contribution < -0.4 is 5.73 Å². The zero-order valence-electron chi connectivity index (χ0n) is 9.73. The topological polar surface area (TPSA) is 76.2 Å². The number of hydrogen-bond donors (Lipinski definition) is 2. The van der Waals surface area contributed by atoms with Crippen molar-refractivity contribution in [1.29, 1.82) is 0 Å². The Morgan fingerprint density at radius 1 is 1.30 bits per heavy atom. The number of benzene rings is 1. The minimum Gasteiger partial charge on any atom is -0.478 e. The Bertz CT molecular complexity index is 713. The lowest BCUT2D eigenvalue weighted by Crippen LogP contribution is -2.00. The molecule has 0 spiro atoms. The lowest BCUT2D eigenvalue weighted by atomic mass is 10.1. The van der Waals surface area contributed by atoms with E-state index in [9.17, 15) is 9.90 Å². The summed E-state index contributed by atoms with van der Waals surface area (Å²) in [7, 11) is 0. The van der Waals surface area contributed by atoms with Crippen molar-refractivity contribution < 1.29 is 9.90 Å². The summed E-state index contributed by atoms with van der Waals surface area (Å²) < 4.78 is 0. The minimum absolute atomic E-state index is 0.0657. The first-order valence-electron chi connectivity index (χ1n) is 5.20. The van der Waals surface area contributed by atoms with Gasteiger partial charge in [-0.1, -0.05) is 34.8 Å². The van der Waals surface area contributed by atoms with Gasteiger partial charge in [0.25, 0.3) is 0 Å². The van der Waals surface area contributed by atoms with Crippen LogP contribution in [-0.2, 0) is 4.79 Å². The average Bonchev–Trinajstić information content (AvgIpc) is 2.80. The Hall–Kier alpha value is -1.27. The zero-order chi connectivity index (χ0) is 14.9. The maximum Gasteiger partial charge on any atom is 0.337 e. The van der Waals surface area contributed by atoms with Crippen LogP contribution >= 0.6 is 46.1 Å². The highest BCUT2D eigenvalue weighted by Gasteiger charge is 2.16. The number of thiazole rings is 1. The van der Waals surface area contributed by atoms with E-state index in [1.807, 2.05) is 0 Å². The van der Waals surface area contributed by atoms with E-state index < -0.39 is 5.97 Å². The number of carbonyl (C=O) groups is 1. The summed E-state index contributed by atoms with van der Waals surface area (Å²) in [5.41, 5.74) is 6.01. The molecule has 0 atom stereocenters. The molecule has 1 aromatic carbocycles. The first-order chi connectivity index (χ1) is 9.40. The Morgan fingerprint density at radius 3 is 2.50 bits per heavy atom. The second kappa shape index (κ2) is 6.01.